The number of hydrogen-bond donors (Lipinski definition) is 1. The van der Waals surface area contributed by atoms with E-state index >= 15 is 0 Å². The maximum Gasteiger partial charge on any atom is 0.205 e. The smallest absolute Gasteiger partial charge is 0.205 e. The van der Waals surface area contributed by atoms with E-state index in [0.717, 1.165) is 87.9 Å². The second kappa shape index (κ2) is 15.6. The number of nitrogens with zero attached hydrogens (tertiary/aromatic N) is 3. The molecule has 0 radical (unpaired) electrons. The van der Waals surface area contributed by atoms with Crippen molar-refractivity contribution >= 4 is 11.4 Å². The predicted octanol–water partition coefficient (Wildman–Crippen LogP) is 5.44. The van der Waals surface area contributed by atoms with Crippen molar-refractivity contribution in [3.05, 3.63) is 72.6 Å². The van der Waals surface area contributed by atoms with E-state index in [1.165, 1.54) is 12.8 Å². The summed E-state index contributed by atoms with van der Waals surface area (Å²) in [5.41, 5.74) is 3.15. The van der Waals surface area contributed by atoms with Crippen LogP contribution >= 0.6 is 0 Å². The summed E-state index contributed by atoms with van der Waals surface area (Å²) < 4.78 is 24.5. The molecule has 2 fully saturated rings. The summed E-state index contributed by atoms with van der Waals surface area (Å²) in [6.07, 6.45) is 9.28. The van der Waals surface area contributed by atoms with Gasteiger partial charge < -0.3 is 29.2 Å². The third-order valence-corrected chi connectivity index (χ3v) is 7.73. The number of aromatic nitrogens is 1. The summed E-state index contributed by atoms with van der Waals surface area (Å²) in [4.78, 5) is 9.06. The first-order valence-electron chi connectivity index (χ1n) is 15.0. The SMILES string of the molecule is COc1c(OCCCNCCN2CCOCC2)ccc(N(Cc2cccnc2)c2ccccc2)c1OC1CCCC1. The molecule has 220 valence electrons. The van der Waals surface area contributed by atoms with E-state index in [1.807, 2.05) is 24.4 Å². The fourth-order valence-electron chi connectivity index (χ4n) is 5.50. The van der Waals surface area contributed by atoms with Gasteiger partial charge in [0, 0.05) is 50.8 Å². The molecule has 0 unspecified atom stereocenters. The molecule has 0 bridgehead atoms. The monoisotopic (exact) mass is 560 g/mol. The highest BCUT2D eigenvalue weighted by atomic mass is 16.5. The van der Waals surface area contributed by atoms with Crippen LogP contribution in [0.15, 0.2) is 67.0 Å². The van der Waals surface area contributed by atoms with Crippen LogP contribution < -0.4 is 24.4 Å². The van der Waals surface area contributed by atoms with Crippen molar-refractivity contribution in [2.45, 2.75) is 44.8 Å². The number of morpholine rings is 1. The van der Waals surface area contributed by atoms with E-state index in [9.17, 15) is 0 Å². The average molecular weight is 561 g/mol. The highest BCUT2D eigenvalue weighted by molar-refractivity contribution is 5.75. The lowest BCUT2D eigenvalue weighted by Crippen LogP contribution is -2.40. The van der Waals surface area contributed by atoms with Crippen molar-refractivity contribution in [1.82, 2.24) is 15.2 Å². The fraction of sp³-hybridized carbons (Fsp3) is 0.485. The summed E-state index contributed by atoms with van der Waals surface area (Å²) in [5, 5.41) is 3.54. The summed E-state index contributed by atoms with van der Waals surface area (Å²) in [7, 11) is 1.70. The summed E-state index contributed by atoms with van der Waals surface area (Å²) in [6, 6.07) is 18.6. The number of rotatable bonds is 15. The van der Waals surface area contributed by atoms with Gasteiger partial charge in [0.1, 0.15) is 0 Å². The molecule has 1 N–H and O–H groups in total. The van der Waals surface area contributed by atoms with Crippen LogP contribution in [0.3, 0.4) is 0 Å². The lowest BCUT2D eigenvalue weighted by atomic mass is 10.1. The fourth-order valence-corrected chi connectivity index (χ4v) is 5.50. The van der Waals surface area contributed by atoms with Gasteiger partial charge in [-0.05, 0) is 74.5 Å². The molecular formula is C33H44N4O4. The molecule has 0 amide bonds. The van der Waals surface area contributed by atoms with Gasteiger partial charge in [-0.15, -0.1) is 0 Å². The molecule has 5 rings (SSSR count). The van der Waals surface area contributed by atoms with Crippen molar-refractivity contribution < 1.29 is 18.9 Å². The van der Waals surface area contributed by atoms with Crippen LogP contribution in [0.5, 0.6) is 17.2 Å². The topological polar surface area (TPSA) is 68.3 Å². The zero-order valence-electron chi connectivity index (χ0n) is 24.3. The van der Waals surface area contributed by atoms with Gasteiger partial charge in [0.25, 0.3) is 0 Å². The van der Waals surface area contributed by atoms with Crippen LogP contribution in [0.4, 0.5) is 11.4 Å². The Hall–Kier alpha value is -3.33. The molecule has 1 aliphatic heterocycles. The number of hydrogen-bond acceptors (Lipinski definition) is 8. The number of nitrogens with one attached hydrogen (secondary N) is 1. The number of benzene rings is 2. The largest absolute Gasteiger partial charge is 0.490 e. The van der Waals surface area contributed by atoms with Gasteiger partial charge >= 0.3 is 0 Å². The Morgan fingerprint density at radius 1 is 0.976 bits per heavy atom. The normalized spacial score (nSPS) is 16.0. The Bertz CT molecular complexity index is 1170. The second-order valence-electron chi connectivity index (χ2n) is 10.7. The number of pyridine rings is 1. The molecule has 2 heterocycles. The first-order valence-corrected chi connectivity index (χ1v) is 15.0. The van der Waals surface area contributed by atoms with Crippen LogP contribution in [0.2, 0.25) is 0 Å². The average Bonchev–Trinajstić information content (AvgIpc) is 3.54. The molecule has 1 saturated carbocycles. The maximum atomic E-state index is 6.74. The lowest BCUT2D eigenvalue weighted by molar-refractivity contribution is 0.0384. The van der Waals surface area contributed by atoms with Crippen molar-refractivity contribution in [3.8, 4) is 17.2 Å². The molecular weight excluding hydrogens is 516 g/mol. The molecule has 1 aliphatic carbocycles. The third-order valence-electron chi connectivity index (χ3n) is 7.73. The third kappa shape index (κ3) is 8.35. The maximum absolute atomic E-state index is 6.74. The predicted molar refractivity (Wildman–Crippen MR) is 163 cm³/mol. The van der Waals surface area contributed by atoms with Gasteiger partial charge in [-0.25, -0.2) is 0 Å². The molecule has 2 aromatic carbocycles. The van der Waals surface area contributed by atoms with Crippen LogP contribution in [-0.4, -0.2) is 75.6 Å². The Morgan fingerprint density at radius 3 is 2.56 bits per heavy atom. The van der Waals surface area contributed by atoms with Crippen LogP contribution in [0, 0.1) is 0 Å². The van der Waals surface area contributed by atoms with Gasteiger partial charge in [-0.2, -0.15) is 0 Å². The summed E-state index contributed by atoms with van der Waals surface area (Å²) >= 11 is 0. The first-order chi connectivity index (χ1) is 20.3. The van der Waals surface area contributed by atoms with Gasteiger partial charge in [0.05, 0.1) is 38.7 Å². The first kappa shape index (κ1) is 29.2. The van der Waals surface area contributed by atoms with E-state index in [4.69, 9.17) is 18.9 Å². The molecule has 2 aliphatic rings. The molecule has 8 heteroatoms. The van der Waals surface area contributed by atoms with E-state index in [-0.39, 0.29) is 6.10 Å². The van der Waals surface area contributed by atoms with Gasteiger partial charge in [-0.3, -0.25) is 9.88 Å². The van der Waals surface area contributed by atoms with E-state index in [0.29, 0.717) is 24.7 Å². The summed E-state index contributed by atoms with van der Waals surface area (Å²) in [5.74, 6) is 2.11. The zero-order valence-corrected chi connectivity index (χ0v) is 24.3. The number of para-hydroxylation sites is 1. The molecule has 0 atom stereocenters. The molecule has 41 heavy (non-hydrogen) atoms. The molecule has 1 saturated heterocycles. The minimum Gasteiger partial charge on any atom is -0.490 e. The van der Waals surface area contributed by atoms with E-state index in [1.54, 1.807) is 13.3 Å². The molecule has 3 aromatic rings. The van der Waals surface area contributed by atoms with Crippen LogP contribution in [-0.2, 0) is 11.3 Å². The van der Waals surface area contributed by atoms with Gasteiger partial charge in [-0.1, -0.05) is 24.3 Å². The van der Waals surface area contributed by atoms with Crippen molar-refractivity contribution in [2.75, 3.05) is 64.6 Å². The highest BCUT2D eigenvalue weighted by Crippen LogP contribution is 2.48. The van der Waals surface area contributed by atoms with Crippen molar-refractivity contribution in [2.24, 2.45) is 0 Å². The minimum atomic E-state index is 0.171. The second-order valence-corrected chi connectivity index (χ2v) is 10.7. The molecule has 0 spiro atoms. The highest BCUT2D eigenvalue weighted by Gasteiger charge is 2.26. The Morgan fingerprint density at radius 2 is 1.80 bits per heavy atom. The number of ether oxygens (including phenoxy) is 4. The van der Waals surface area contributed by atoms with Crippen molar-refractivity contribution in [1.29, 1.82) is 0 Å². The summed E-state index contributed by atoms with van der Waals surface area (Å²) in [6.45, 7) is 7.91. The Labute approximate surface area is 244 Å². The van der Waals surface area contributed by atoms with Gasteiger partial charge in [0.15, 0.2) is 11.5 Å². The van der Waals surface area contributed by atoms with E-state index in [2.05, 4.69) is 56.5 Å². The van der Waals surface area contributed by atoms with Gasteiger partial charge in [0.2, 0.25) is 5.75 Å². The quantitative estimate of drug-likeness (QED) is 0.247. The Balaban J connectivity index is 1.31. The molecule has 1 aromatic heterocycles. The van der Waals surface area contributed by atoms with Crippen LogP contribution in [0.1, 0.15) is 37.7 Å². The number of anilines is 2. The van der Waals surface area contributed by atoms with Crippen molar-refractivity contribution in [3.63, 3.8) is 0 Å². The standard InChI is InChI=1S/C33H44N4O4/c1-38-33-31(40-22-8-17-34-18-19-36-20-23-39-24-21-36)15-14-30(32(33)41-29-12-5-6-13-29)37(28-10-3-2-4-11-28)26-27-9-7-16-35-25-27/h2-4,7,9-11,14-16,25,29,34H,5-6,8,12-13,17-24,26H2,1H3. The minimum absolute atomic E-state index is 0.171. The van der Waals surface area contributed by atoms with Crippen LogP contribution in [0.25, 0.3) is 0 Å². The number of methoxy groups -OCH3 is 1. The lowest BCUT2D eigenvalue weighted by Gasteiger charge is -2.30. The molecule has 8 nitrogen and oxygen atoms in total. The Kier molecular flexibility index (Phi) is 11.1. The van der Waals surface area contributed by atoms with E-state index < -0.39 is 0 Å². The zero-order chi connectivity index (χ0) is 28.1.